The van der Waals surface area contributed by atoms with Gasteiger partial charge in [0.15, 0.2) is 5.96 Å². The molecule has 7 heteroatoms. The molecule has 0 saturated heterocycles. The van der Waals surface area contributed by atoms with Crippen LogP contribution in [-0.4, -0.2) is 38.0 Å². The third kappa shape index (κ3) is 7.06. The largest absolute Gasteiger partial charge is 0.356 e. The molecule has 146 valence electrons. The summed E-state index contributed by atoms with van der Waals surface area (Å²) in [5, 5.41) is 9.60. The third-order valence-electron chi connectivity index (χ3n) is 4.77. The summed E-state index contributed by atoms with van der Waals surface area (Å²) in [4.78, 5) is 16.1. The lowest BCUT2D eigenvalue weighted by Gasteiger charge is -2.19. The minimum atomic E-state index is 0. The lowest BCUT2D eigenvalue weighted by atomic mass is 9.96. The van der Waals surface area contributed by atoms with Crippen molar-refractivity contribution in [2.24, 2.45) is 4.99 Å². The zero-order chi connectivity index (χ0) is 18.3. The van der Waals surface area contributed by atoms with Crippen molar-refractivity contribution in [3.05, 3.63) is 34.3 Å². The average molecular weight is 537 g/mol. The molecule has 0 spiro atoms. The molecule has 1 aromatic carbocycles. The summed E-state index contributed by atoms with van der Waals surface area (Å²) in [6.07, 6.45) is 3.76. The quantitative estimate of drug-likeness (QED) is 0.270. The second-order valence-corrected chi connectivity index (χ2v) is 7.69. The van der Waals surface area contributed by atoms with Gasteiger partial charge in [-0.1, -0.05) is 35.0 Å². The Morgan fingerprint density at radius 1 is 1.35 bits per heavy atom. The maximum Gasteiger partial charge on any atom is 0.221 e. The van der Waals surface area contributed by atoms with Gasteiger partial charge < -0.3 is 16.0 Å². The van der Waals surface area contributed by atoms with E-state index in [1.165, 1.54) is 18.4 Å². The number of guanidine groups is 1. The molecule has 1 fully saturated rings. The predicted molar refractivity (Wildman–Crippen MR) is 122 cm³/mol. The Bertz CT molecular complexity index is 619. The summed E-state index contributed by atoms with van der Waals surface area (Å²) < 4.78 is 1.12. The van der Waals surface area contributed by atoms with Crippen LogP contribution in [0.4, 0.5) is 0 Å². The van der Waals surface area contributed by atoms with Crippen molar-refractivity contribution in [1.82, 2.24) is 16.0 Å². The lowest BCUT2D eigenvalue weighted by molar-refractivity contribution is -0.121. The van der Waals surface area contributed by atoms with E-state index >= 15 is 0 Å². The second kappa shape index (κ2) is 11.1. The molecular weight excluding hydrogens is 507 g/mol. The van der Waals surface area contributed by atoms with E-state index in [1.807, 2.05) is 6.92 Å². The van der Waals surface area contributed by atoms with Crippen LogP contribution in [0.5, 0.6) is 0 Å². The number of aliphatic imine (C=N–C) groups is 1. The van der Waals surface area contributed by atoms with Crippen molar-refractivity contribution in [3.8, 4) is 0 Å². The van der Waals surface area contributed by atoms with E-state index in [0.717, 1.165) is 23.4 Å². The minimum absolute atomic E-state index is 0. The average Bonchev–Trinajstić information content (AvgIpc) is 3.39. The van der Waals surface area contributed by atoms with E-state index in [-0.39, 0.29) is 41.3 Å². The van der Waals surface area contributed by atoms with Gasteiger partial charge in [0.2, 0.25) is 5.91 Å². The Hall–Kier alpha value is -0.830. The van der Waals surface area contributed by atoms with Gasteiger partial charge in [-0.3, -0.25) is 9.79 Å². The maximum absolute atomic E-state index is 11.8. The van der Waals surface area contributed by atoms with Crippen molar-refractivity contribution in [2.75, 3.05) is 20.1 Å². The summed E-state index contributed by atoms with van der Waals surface area (Å²) in [6.45, 7) is 5.50. The molecule has 1 amide bonds. The molecule has 0 heterocycles. The molecule has 3 N–H and O–H groups in total. The summed E-state index contributed by atoms with van der Waals surface area (Å²) >= 11 is 3.55. The van der Waals surface area contributed by atoms with Crippen LogP contribution in [0.1, 0.15) is 45.1 Å². The maximum atomic E-state index is 11.8. The molecule has 2 rings (SSSR count). The van der Waals surface area contributed by atoms with E-state index in [4.69, 9.17) is 0 Å². The number of nitrogens with zero attached hydrogens (tertiary/aromatic N) is 1. The molecule has 1 aliphatic carbocycles. The summed E-state index contributed by atoms with van der Waals surface area (Å²) in [5.41, 5.74) is 1.56. The molecule has 0 aromatic heterocycles. The first-order valence-electron chi connectivity index (χ1n) is 8.99. The van der Waals surface area contributed by atoms with Gasteiger partial charge in [-0.2, -0.15) is 0 Å². The van der Waals surface area contributed by atoms with E-state index in [2.05, 4.69) is 68.1 Å². The Balaban J connectivity index is 0.00000338. The Morgan fingerprint density at radius 2 is 2.08 bits per heavy atom. The van der Waals surface area contributed by atoms with Crippen LogP contribution in [0.25, 0.3) is 0 Å². The number of hydrogen-bond acceptors (Lipinski definition) is 2. The highest BCUT2D eigenvalue weighted by Gasteiger charge is 2.44. The zero-order valence-electron chi connectivity index (χ0n) is 15.8. The summed E-state index contributed by atoms with van der Waals surface area (Å²) in [7, 11) is 1.76. The smallest absolute Gasteiger partial charge is 0.221 e. The van der Waals surface area contributed by atoms with Gasteiger partial charge in [0.25, 0.3) is 0 Å². The molecule has 0 radical (unpaired) electrons. The summed E-state index contributed by atoms with van der Waals surface area (Å²) in [6, 6.07) is 8.75. The standard InChI is InChI=1S/C19H29BrN4O.HI/c1-4-14(2)24-17(25)8-11-22-18(21-3)23-13-19(9-10-19)15-6-5-7-16(20)12-15;/h5-7,12,14H,4,8-11,13H2,1-3H3,(H,24,25)(H2,21,22,23);1H. The second-order valence-electron chi connectivity index (χ2n) is 6.77. The Morgan fingerprint density at radius 3 is 2.65 bits per heavy atom. The van der Waals surface area contributed by atoms with Crippen molar-refractivity contribution < 1.29 is 4.79 Å². The number of rotatable bonds is 8. The van der Waals surface area contributed by atoms with Gasteiger partial charge in [-0.25, -0.2) is 0 Å². The van der Waals surface area contributed by atoms with Crippen LogP contribution in [0.15, 0.2) is 33.7 Å². The fourth-order valence-corrected chi connectivity index (χ4v) is 3.15. The highest BCUT2D eigenvalue weighted by atomic mass is 127. The fraction of sp³-hybridized carbons (Fsp3) is 0.579. The van der Waals surface area contributed by atoms with Gasteiger partial charge in [0.05, 0.1) is 0 Å². The molecule has 1 aromatic rings. The van der Waals surface area contributed by atoms with Crippen LogP contribution in [0, 0.1) is 0 Å². The number of nitrogens with one attached hydrogen (secondary N) is 3. The normalized spacial score (nSPS) is 16.2. The van der Waals surface area contributed by atoms with Gasteiger partial charge in [0, 0.05) is 42.5 Å². The molecule has 1 atom stereocenters. The molecule has 1 unspecified atom stereocenters. The lowest BCUT2D eigenvalue weighted by Crippen LogP contribution is -2.43. The van der Waals surface area contributed by atoms with Crippen LogP contribution in [-0.2, 0) is 10.2 Å². The van der Waals surface area contributed by atoms with E-state index < -0.39 is 0 Å². The first-order chi connectivity index (χ1) is 12.0. The molecule has 5 nitrogen and oxygen atoms in total. The van der Waals surface area contributed by atoms with Crippen molar-refractivity contribution in [1.29, 1.82) is 0 Å². The van der Waals surface area contributed by atoms with E-state index in [1.54, 1.807) is 7.05 Å². The first kappa shape index (κ1) is 23.2. The molecule has 26 heavy (non-hydrogen) atoms. The van der Waals surface area contributed by atoms with Crippen molar-refractivity contribution in [3.63, 3.8) is 0 Å². The van der Waals surface area contributed by atoms with E-state index in [9.17, 15) is 4.79 Å². The molecular formula is C19H30BrIN4O. The van der Waals surface area contributed by atoms with E-state index in [0.29, 0.717) is 13.0 Å². The highest BCUT2D eigenvalue weighted by Crippen LogP contribution is 2.48. The molecule has 0 bridgehead atoms. The molecule has 0 aliphatic heterocycles. The number of hydrogen-bond donors (Lipinski definition) is 3. The monoisotopic (exact) mass is 536 g/mol. The fourth-order valence-electron chi connectivity index (χ4n) is 2.75. The predicted octanol–water partition coefficient (Wildman–Crippen LogP) is 3.57. The number of amides is 1. The van der Waals surface area contributed by atoms with Crippen LogP contribution in [0.3, 0.4) is 0 Å². The van der Waals surface area contributed by atoms with Gasteiger partial charge >= 0.3 is 0 Å². The molecule has 1 saturated carbocycles. The number of carbonyl (C=O) groups excluding carboxylic acids is 1. The van der Waals surface area contributed by atoms with Crippen LogP contribution in [0.2, 0.25) is 0 Å². The highest BCUT2D eigenvalue weighted by molar-refractivity contribution is 14.0. The minimum Gasteiger partial charge on any atom is -0.356 e. The van der Waals surface area contributed by atoms with Crippen molar-refractivity contribution in [2.45, 2.75) is 51.0 Å². The number of halogens is 2. The van der Waals surface area contributed by atoms with Crippen molar-refractivity contribution >= 4 is 51.8 Å². The van der Waals surface area contributed by atoms with Crippen LogP contribution < -0.4 is 16.0 Å². The van der Waals surface area contributed by atoms with Gasteiger partial charge in [-0.05, 0) is 43.9 Å². The zero-order valence-corrected chi connectivity index (χ0v) is 19.7. The van der Waals surface area contributed by atoms with Gasteiger partial charge in [-0.15, -0.1) is 24.0 Å². The Kier molecular flexibility index (Phi) is 9.92. The van der Waals surface area contributed by atoms with Crippen LogP contribution >= 0.6 is 39.9 Å². The third-order valence-corrected chi connectivity index (χ3v) is 5.27. The topological polar surface area (TPSA) is 65.5 Å². The number of benzene rings is 1. The summed E-state index contributed by atoms with van der Waals surface area (Å²) in [5.74, 6) is 0.822. The molecule has 1 aliphatic rings. The number of carbonyl (C=O) groups is 1. The van der Waals surface area contributed by atoms with Gasteiger partial charge in [0.1, 0.15) is 0 Å². The SMILES string of the molecule is CCC(C)NC(=O)CCNC(=NC)NCC1(c2cccc(Br)c2)CC1.I. The first-order valence-corrected chi connectivity index (χ1v) is 9.78. The Labute approximate surface area is 182 Å².